The summed E-state index contributed by atoms with van der Waals surface area (Å²) in [6.45, 7) is 6.81. The summed E-state index contributed by atoms with van der Waals surface area (Å²) < 4.78 is 7.95. The van der Waals surface area contributed by atoms with Gasteiger partial charge in [-0.1, -0.05) is 13.0 Å². The van der Waals surface area contributed by atoms with Crippen LogP contribution in [0.1, 0.15) is 54.8 Å². The van der Waals surface area contributed by atoms with Crippen LogP contribution >= 0.6 is 0 Å². The number of nitrogens with zero attached hydrogens (tertiary/aromatic N) is 5. The molecule has 2 fully saturated rings. The summed E-state index contributed by atoms with van der Waals surface area (Å²) in [7, 11) is 0. The van der Waals surface area contributed by atoms with Crippen molar-refractivity contribution in [3.05, 3.63) is 59.9 Å². The number of imidazole rings is 1. The Morgan fingerprint density at radius 3 is 2.51 bits per heavy atom. The van der Waals surface area contributed by atoms with Crippen LogP contribution in [0.4, 0.5) is 17.5 Å². The minimum atomic E-state index is 0.136. The molecule has 1 saturated heterocycles. The predicted octanol–water partition coefficient (Wildman–Crippen LogP) is 5.70. The van der Waals surface area contributed by atoms with Gasteiger partial charge in [-0.05, 0) is 62.6 Å². The van der Waals surface area contributed by atoms with Crippen molar-refractivity contribution >= 4 is 34.3 Å². The normalized spacial score (nSPS) is 16.1. The van der Waals surface area contributed by atoms with Crippen LogP contribution in [0.25, 0.3) is 22.3 Å². The van der Waals surface area contributed by atoms with Gasteiger partial charge in [0.2, 0.25) is 5.95 Å². The molecule has 2 aliphatic rings. The van der Waals surface area contributed by atoms with Gasteiger partial charge in [0.15, 0.2) is 5.78 Å². The fourth-order valence-corrected chi connectivity index (χ4v) is 5.12. The van der Waals surface area contributed by atoms with E-state index in [-0.39, 0.29) is 5.78 Å². The van der Waals surface area contributed by atoms with E-state index in [4.69, 9.17) is 19.7 Å². The van der Waals surface area contributed by atoms with Gasteiger partial charge in [-0.25, -0.2) is 9.97 Å². The van der Waals surface area contributed by atoms with E-state index < -0.39 is 0 Å². The Morgan fingerprint density at radius 2 is 1.81 bits per heavy atom. The maximum atomic E-state index is 12.0. The van der Waals surface area contributed by atoms with Crippen molar-refractivity contribution in [2.24, 2.45) is 0 Å². The quantitative estimate of drug-likeness (QED) is 0.329. The van der Waals surface area contributed by atoms with E-state index in [2.05, 4.69) is 39.9 Å². The highest BCUT2D eigenvalue weighted by Crippen LogP contribution is 2.36. The molecule has 0 unspecified atom stereocenters. The Kier molecular flexibility index (Phi) is 6.34. The zero-order valence-corrected chi connectivity index (χ0v) is 21.4. The van der Waals surface area contributed by atoms with Crippen molar-refractivity contribution in [2.75, 3.05) is 36.5 Å². The first-order chi connectivity index (χ1) is 18.1. The van der Waals surface area contributed by atoms with Crippen LogP contribution < -0.4 is 10.2 Å². The molecule has 2 aromatic heterocycles. The minimum absolute atomic E-state index is 0.136. The molecule has 0 atom stereocenters. The smallest absolute Gasteiger partial charge is 0.228 e. The summed E-state index contributed by atoms with van der Waals surface area (Å²) in [5.41, 5.74) is 5.68. The number of aryl methyl sites for hydroxylation is 1. The van der Waals surface area contributed by atoms with E-state index in [1.54, 1.807) is 0 Å². The lowest BCUT2D eigenvalue weighted by atomic mass is 9.92. The third-order valence-electron chi connectivity index (χ3n) is 7.41. The Balaban J connectivity index is 1.38. The standard InChI is InChI=1S/C29H32N6O2/c1-3-27(36)20-7-10-22(11-8-20)31-28-18-25(32-29(33-28)34-13-15-37-16-14-34)21-9-12-24-26(17-21)35(19(2)30-24)23-5-4-6-23/h7-12,17-18,23H,3-6,13-16H2,1-2H3,(H,31,32,33). The number of anilines is 3. The third-order valence-corrected chi connectivity index (χ3v) is 7.41. The molecule has 8 heteroatoms. The van der Waals surface area contributed by atoms with Crippen molar-refractivity contribution in [3.8, 4) is 11.3 Å². The van der Waals surface area contributed by atoms with Gasteiger partial charge in [-0.3, -0.25) is 4.79 Å². The molecular formula is C29H32N6O2. The summed E-state index contributed by atoms with van der Waals surface area (Å²) >= 11 is 0. The number of carbonyl (C=O) groups excluding carboxylic acids is 1. The second kappa shape index (κ2) is 9.94. The summed E-state index contributed by atoms with van der Waals surface area (Å²) in [4.78, 5) is 28.8. The average molecular weight is 497 g/mol. The van der Waals surface area contributed by atoms with Crippen molar-refractivity contribution in [2.45, 2.75) is 45.6 Å². The number of ketones is 1. The number of rotatable bonds is 7. The van der Waals surface area contributed by atoms with Crippen molar-refractivity contribution < 1.29 is 9.53 Å². The van der Waals surface area contributed by atoms with Crippen molar-refractivity contribution in [1.82, 2.24) is 19.5 Å². The Morgan fingerprint density at radius 1 is 1.03 bits per heavy atom. The van der Waals surface area contributed by atoms with E-state index in [1.165, 1.54) is 19.3 Å². The van der Waals surface area contributed by atoms with E-state index >= 15 is 0 Å². The number of fused-ring (bicyclic) bond motifs is 1. The first-order valence-electron chi connectivity index (χ1n) is 13.2. The zero-order chi connectivity index (χ0) is 25.4. The number of morpholine rings is 1. The Hall–Kier alpha value is -3.78. The van der Waals surface area contributed by atoms with Crippen LogP contribution in [0.3, 0.4) is 0 Å². The number of benzene rings is 2. The SMILES string of the molecule is CCC(=O)c1ccc(Nc2cc(-c3ccc4nc(C)n(C5CCC5)c4c3)nc(N3CCOCC3)n2)cc1. The van der Waals surface area contributed by atoms with Crippen LogP contribution in [0.2, 0.25) is 0 Å². The van der Waals surface area contributed by atoms with Crippen LogP contribution in [0, 0.1) is 6.92 Å². The van der Waals surface area contributed by atoms with E-state index in [0.29, 0.717) is 37.4 Å². The molecule has 2 aromatic carbocycles. The predicted molar refractivity (Wildman–Crippen MR) is 146 cm³/mol. The fraction of sp³-hybridized carbons (Fsp3) is 0.379. The van der Waals surface area contributed by atoms with E-state index in [1.807, 2.05) is 37.3 Å². The summed E-state index contributed by atoms with van der Waals surface area (Å²) in [5, 5.41) is 3.43. The summed E-state index contributed by atoms with van der Waals surface area (Å²) in [5.74, 6) is 2.60. The highest BCUT2D eigenvalue weighted by atomic mass is 16.5. The van der Waals surface area contributed by atoms with Crippen LogP contribution in [0.5, 0.6) is 0 Å². The zero-order valence-electron chi connectivity index (χ0n) is 21.4. The second-order valence-corrected chi connectivity index (χ2v) is 9.83. The third kappa shape index (κ3) is 4.69. The molecule has 1 saturated carbocycles. The van der Waals surface area contributed by atoms with Gasteiger partial charge in [0.1, 0.15) is 11.6 Å². The molecule has 1 N–H and O–H groups in total. The van der Waals surface area contributed by atoms with Gasteiger partial charge >= 0.3 is 0 Å². The van der Waals surface area contributed by atoms with Crippen LogP contribution in [-0.4, -0.2) is 51.6 Å². The highest BCUT2D eigenvalue weighted by Gasteiger charge is 2.24. The molecule has 1 aliphatic heterocycles. The summed E-state index contributed by atoms with van der Waals surface area (Å²) in [6.07, 6.45) is 4.19. The lowest BCUT2D eigenvalue weighted by Crippen LogP contribution is -2.37. The fourth-order valence-electron chi connectivity index (χ4n) is 5.12. The van der Waals surface area contributed by atoms with Gasteiger partial charge in [0.25, 0.3) is 0 Å². The number of ether oxygens (including phenoxy) is 1. The van der Waals surface area contributed by atoms with Crippen LogP contribution in [-0.2, 0) is 4.74 Å². The molecule has 190 valence electrons. The maximum absolute atomic E-state index is 12.0. The monoisotopic (exact) mass is 496 g/mol. The van der Waals surface area contributed by atoms with E-state index in [0.717, 1.165) is 52.5 Å². The second-order valence-electron chi connectivity index (χ2n) is 9.83. The van der Waals surface area contributed by atoms with Crippen LogP contribution in [0.15, 0.2) is 48.5 Å². The van der Waals surface area contributed by atoms with Crippen molar-refractivity contribution in [1.29, 1.82) is 0 Å². The number of carbonyl (C=O) groups is 1. The van der Waals surface area contributed by atoms with Gasteiger partial charge in [-0.2, -0.15) is 4.98 Å². The topological polar surface area (TPSA) is 85.2 Å². The number of Topliss-reactive ketones (excluding diaryl/α,β-unsaturated/α-hetero) is 1. The molecule has 1 aliphatic carbocycles. The largest absolute Gasteiger partial charge is 0.378 e. The molecule has 0 amide bonds. The van der Waals surface area contributed by atoms with E-state index in [9.17, 15) is 4.79 Å². The molecule has 8 nitrogen and oxygen atoms in total. The maximum Gasteiger partial charge on any atom is 0.228 e. The Labute approximate surface area is 216 Å². The molecule has 3 heterocycles. The highest BCUT2D eigenvalue weighted by molar-refractivity contribution is 5.96. The Bertz CT molecular complexity index is 1440. The number of hydrogen-bond donors (Lipinski definition) is 1. The lowest BCUT2D eigenvalue weighted by Gasteiger charge is -2.28. The average Bonchev–Trinajstić information content (AvgIpc) is 3.22. The van der Waals surface area contributed by atoms with Gasteiger partial charge < -0.3 is 19.5 Å². The lowest BCUT2D eigenvalue weighted by molar-refractivity contribution is 0.0988. The molecule has 0 bridgehead atoms. The molecule has 0 spiro atoms. The molecule has 0 radical (unpaired) electrons. The molecule has 6 rings (SSSR count). The van der Waals surface area contributed by atoms with Crippen molar-refractivity contribution in [3.63, 3.8) is 0 Å². The minimum Gasteiger partial charge on any atom is -0.378 e. The van der Waals surface area contributed by atoms with Gasteiger partial charge in [0, 0.05) is 48.4 Å². The van der Waals surface area contributed by atoms with Gasteiger partial charge in [-0.15, -0.1) is 0 Å². The number of aromatic nitrogens is 4. The number of hydrogen-bond acceptors (Lipinski definition) is 7. The first-order valence-corrected chi connectivity index (χ1v) is 13.2. The molecule has 4 aromatic rings. The molecule has 37 heavy (non-hydrogen) atoms. The first kappa shape index (κ1) is 23.6. The summed E-state index contributed by atoms with van der Waals surface area (Å²) in [6, 6.07) is 16.5. The molecular weight excluding hydrogens is 464 g/mol. The van der Waals surface area contributed by atoms with Gasteiger partial charge in [0.05, 0.1) is 29.9 Å². The number of nitrogens with one attached hydrogen (secondary N) is 1.